The highest BCUT2D eigenvalue weighted by molar-refractivity contribution is 6.34. The number of hydrogen-bond acceptors (Lipinski definition) is 11. The van der Waals surface area contributed by atoms with E-state index in [1.807, 2.05) is 36.2 Å². The minimum absolute atomic E-state index is 0.0313. The van der Waals surface area contributed by atoms with Crippen molar-refractivity contribution in [3.63, 3.8) is 0 Å². The number of likely N-dealkylation sites (tertiary alicyclic amines) is 1. The zero-order chi connectivity index (χ0) is 46.0. The third-order valence-corrected chi connectivity index (χ3v) is 15.9. The Kier molecular flexibility index (Phi) is 13.5. The molecule has 15 heteroatoms. The van der Waals surface area contributed by atoms with Crippen molar-refractivity contribution < 1.29 is 19.1 Å². The average molecular weight is 916 g/mol. The molecule has 2 aliphatic carbocycles. The molecular formula is C51H63ClN10O4. The van der Waals surface area contributed by atoms with Gasteiger partial charge in [-0.05, 0) is 131 Å². The number of amides is 4. The number of carbonyl (C=O) groups excluding carboxylic acids is 3. The van der Waals surface area contributed by atoms with Gasteiger partial charge >= 0.3 is 6.03 Å². The molecule has 1 spiro atoms. The highest BCUT2D eigenvalue weighted by atomic mass is 35.5. The molecule has 348 valence electrons. The Morgan fingerprint density at radius 3 is 2.44 bits per heavy atom. The van der Waals surface area contributed by atoms with Gasteiger partial charge in [0, 0.05) is 92.8 Å². The van der Waals surface area contributed by atoms with Crippen LogP contribution < -0.4 is 20.3 Å². The predicted octanol–water partition coefficient (Wildman–Crippen LogP) is 8.26. The number of nitrogens with zero attached hydrogens (tertiary/aromatic N) is 8. The Balaban J connectivity index is 0.699. The fourth-order valence-corrected chi connectivity index (χ4v) is 11.1. The molecule has 2 saturated carbocycles. The van der Waals surface area contributed by atoms with Gasteiger partial charge in [0.2, 0.25) is 11.8 Å². The van der Waals surface area contributed by atoms with E-state index in [-0.39, 0.29) is 36.2 Å². The zero-order valence-electron chi connectivity index (χ0n) is 38.7. The fraction of sp³-hybridized carbons (Fsp3) is 0.549. The molecule has 0 unspecified atom stereocenters. The molecule has 5 aliphatic rings. The molecule has 0 radical (unpaired) electrons. The third kappa shape index (κ3) is 10.1. The summed E-state index contributed by atoms with van der Waals surface area (Å²) >= 11 is 6.45. The number of hydrogen-bond donors (Lipinski definition) is 2. The lowest BCUT2D eigenvalue weighted by Crippen LogP contribution is -2.49. The molecule has 9 rings (SSSR count). The van der Waals surface area contributed by atoms with E-state index in [0.717, 1.165) is 97.7 Å². The summed E-state index contributed by atoms with van der Waals surface area (Å²) in [5.74, 6) is 1.73. The number of halogens is 1. The molecule has 4 aromatic rings. The van der Waals surface area contributed by atoms with E-state index in [4.69, 9.17) is 21.3 Å². The Bertz CT molecular complexity index is 2500. The number of aryl methyl sites for hydroxylation is 1. The monoisotopic (exact) mass is 914 g/mol. The summed E-state index contributed by atoms with van der Waals surface area (Å²) in [6, 6.07) is 14.9. The van der Waals surface area contributed by atoms with Crippen molar-refractivity contribution in [2.75, 3.05) is 75.7 Å². The van der Waals surface area contributed by atoms with E-state index in [9.17, 15) is 19.6 Å². The van der Waals surface area contributed by atoms with E-state index in [2.05, 4.69) is 56.6 Å². The number of urea groups is 1. The number of piperazine rings is 1. The SMILES string of the molecule is Cc1c(CC#N)cccc1[C@@H](C)Nc1nnc(C)c2cnc(OCC3(CN4CCN(CCC5CCC6(CC5)CCN(C(=O)c5ccc(Cl)c(N7CCC(=O)NC7=O)c5)CC6)CC4)CC3)cc12. The Morgan fingerprint density at radius 2 is 1.71 bits per heavy atom. The lowest BCUT2D eigenvalue weighted by molar-refractivity contribution is -0.120. The molecule has 2 aromatic heterocycles. The summed E-state index contributed by atoms with van der Waals surface area (Å²) in [5.41, 5.74) is 5.58. The molecule has 66 heavy (non-hydrogen) atoms. The molecular weight excluding hydrogens is 852 g/mol. The molecule has 0 bridgehead atoms. The van der Waals surface area contributed by atoms with Crippen molar-refractivity contribution in [1.82, 2.24) is 35.2 Å². The van der Waals surface area contributed by atoms with Crippen LogP contribution in [0.25, 0.3) is 10.8 Å². The van der Waals surface area contributed by atoms with Crippen molar-refractivity contribution in [2.24, 2.45) is 16.7 Å². The maximum Gasteiger partial charge on any atom is 0.328 e. The van der Waals surface area contributed by atoms with Crippen molar-refractivity contribution in [2.45, 2.75) is 97.4 Å². The van der Waals surface area contributed by atoms with Crippen LogP contribution in [0.5, 0.6) is 5.88 Å². The first-order chi connectivity index (χ1) is 31.9. The van der Waals surface area contributed by atoms with Gasteiger partial charge in [0.05, 0.1) is 41.5 Å². The van der Waals surface area contributed by atoms with Crippen molar-refractivity contribution in [1.29, 1.82) is 5.26 Å². The first kappa shape index (κ1) is 45.8. The summed E-state index contributed by atoms with van der Waals surface area (Å²) < 4.78 is 6.47. The van der Waals surface area contributed by atoms with Crippen LogP contribution in [0.2, 0.25) is 5.02 Å². The molecule has 5 fully saturated rings. The number of nitriles is 1. The molecule has 4 amide bonds. The quantitative estimate of drug-likeness (QED) is 0.125. The molecule has 2 N–H and O–H groups in total. The summed E-state index contributed by atoms with van der Waals surface area (Å²) in [7, 11) is 0. The van der Waals surface area contributed by atoms with Gasteiger partial charge in [-0.15, -0.1) is 5.10 Å². The molecule has 1 atom stereocenters. The summed E-state index contributed by atoms with van der Waals surface area (Å²) in [4.78, 5) is 51.2. The number of carbonyl (C=O) groups is 3. The first-order valence-corrected chi connectivity index (χ1v) is 24.4. The van der Waals surface area contributed by atoms with Crippen molar-refractivity contribution in [3.8, 4) is 11.9 Å². The Hall–Kier alpha value is -5.36. The van der Waals surface area contributed by atoms with Gasteiger partial charge in [-0.2, -0.15) is 10.4 Å². The number of anilines is 2. The normalized spacial score (nSPS) is 20.5. The molecule has 5 heterocycles. The molecule has 3 saturated heterocycles. The van der Waals surface area contributed by atoms with Crippen LogP contribution >= 0.6 is 11.6 Å². The topological polar surface area (TPSA) is 160 Å². The second kappa shape index (κ2) is 19.5. The van der Waals surface area contributed by atoms with Gasteiger partial charge < -0.3 is 24.8 Å². The zero-order valence-corrected chi connectivity index (χ0v) is 39.5. The van der Waals surface area contributed by atoms with Crippen LogP contribution in [-0.2, 0) is 11.2 Å². The van der Waals surface area contributed by atoms with E-state index >= 15 is 0 Å². The number of piperidine rings is 1. The largest absolute Gasteiger partial charge is 0.477 e. The van der Waals surface area contributed by atoms with Crippen LogP contribution in [0.4, 0.5) is 16.3 Å². The smallest absolute Gasteiger partial charge is 0.328 e. The lowest BCUT2D eigenvalue weighted by Gasteiger charge is -2.46. The predicted molar refractivity (Wildman–Crippen MR) is 256 cm³/mol. The van der Waals surface area contributed by atoms with Crippen LogP contribution in [0.3, 0.4) is 0 Å². The van der Waals surface area contributed by atoms with Crippen molar-refractivity contribution >= 4 is 51.7 Å². The second-order valence-electron chi connectivity index (χ2n) is 19.9. The van der Waals surface area contributed by atoms with Gasteiger partial charge in [0.15, 0.2) is 5.82 Å². The lowest BCUT2D eigenvalue weighted by atomic mass is 9.65. The van der Waals surface area contributed by atoms with Gasteiger partial charge in [-0.3, -0.25) is 19.8 Å². The minimum atomic E-state index is -0.512. The Morgan fingerprint density at radius 1 is 0.955 bits per heavy atom. The number of benzene rings is 2. The van der Waals surface area contributed by atoms with E-state index in [1.54, 1.807) is 18.2 Å². The van der Waals surface area contributed by atoms with E-state index in [1.165, 1.54) is 56.4 Å². The summed E-state index contributed by atoms with van der Waals surface area (Å²) in [5, 5.41) is 26.5. The number of aromatic nitrogens is 3. The fourth-order valence-electron chi connectivity index (χ4n) is 10.9. The standard InChI is InChI=1S/C51H63ClN10O4/c1-34-38(11-20-53)5-4-6-40(34)35(2)55-47-41-30-46(54-31-42(41)36(3)57-58-47)66-33-51(16-17-51)32-60-27-25-59(26-28-60)21-12-37-9-14-50(15-10-37)18-23-61(24-19-50)48(64)39-7-8-43(52)44(29-39)62-22-13-45(63)56-49(62)65/h4-8,29-31,35,37H,9-19,21-28,32-33H2,1-3H3,(H,55,58)(H,56,63,65)/t35-/m1/s1. The molecule has 14 nitrogen and oxygen atoms in total. The highest BCUT2D eigenvalue weighted by Gasteiger charge is 2.45. The summed E-state index contributed by atoms with van der Waals surface area (Å²) in [6.07, 6.45) is 13.1. The van der Waals surface area contributed by atoms with Crippen molar-refractivity contribution in [3.05, 3.63) is 81.6 Å². The number of ether oxygens (including phenoxy) is 1. The molecule has 3 aliphatic heterocycles. The van der Waals surface area contributed by atoms with Crippen LogP contribution in [0.15, 0.2) is 48.7 Å². The number of rotatable bonds is 14. The number of imide groups is 1. The van der Waals surface area contributed by atoms with Gasteiger partial charge in [-0.1, -0.05) is 29.8 Å². The number of pyridine rings is 1. The summed E-state index contributed by atoms with van der Waals surface area (Å²) in [6.45, 7) is 15.1. The first-order valence-electron chi connectivity index (χ1n) is 24.0. The number of fused-ring (bicyclic) bond motifs is 1. The van der Waals surface area contributed by atoms with Gasteiger partial charge in [0.1, 0.15) is 0 Å². The highest BCUT2D eigenvalue weighted by Crippen LogP contribution is 2.48. The van der Waals surface area contributed by atoms with Crippen LogP contribution in [-0.4, -0.2) is 113 Å². The van der Waals surface area contributed by atoms with Gasteiger partial charge in [-0.25, -0.2) is 9.78 Å². The minimum Gasteiger partial charge on any atom is -0.477 e. The van der Waals surface area contributed by atoms with E-state index in [0.29, 0.717) is 46.4 Å². The number of nitrogens with one attached hydrogen (secondary N) is 2. The van der Waals surface area contributed by atoms with Gasteiger partial charge in [0.25, 0.3) is 5.91 Å². The second-order valence-corrected chi connectivity index (χ2v) is 20.3. The van der Waals surface area contributed by atoms with Crippen LogP contribution in [0.1, 0.15) is 110 Å². The average Bonchev–Trinajstić information content (AvgIpc) is 4.09. The van der Waals surface area contributed by atoms with Crippen LogP contribution in [0, 0.1) is 41.9 Å². The molecule has 2 aromatic carbocycles. The maximum atomic E-state index is 13.6. The Labute approximate surface area is 393 Å². The maximum absolute atomic E-state index is 13.6. The third-order valence-electron chi connectivity index (χ3n) is 15.6. The van der Waals surface area contributed by atoms with E-state index < -0.39 is 6.03 Å².